The van der Waals surface area contributed by atoms with Gasteiger partial charge in [-0.1, -0.05) is 12.1 Å². The van der Waals surface area contributed by atoms with Gasteiger partial charge in [-0.25, -0.2) is 9.18 Å². The smallest absolute Gasteiger partial charge is 0.321 e. The van der Waals surface area contributed by atoms with Gasteiger partial charge in [-0.15, -0.1) is 0 Å². The third-order valence-corrected chi connectivity index (χ3v) is 2.59. The molecule has 0 unspecified atom stereocenters. The van der Waals surface area contributed by atoms with Gasteiger partial charge in [0.25, 0.3) is 0 Å². The number of benzene rings is 1. The zero-order chi connectivity index (χ0) is 13.7. The van der Waals surface area contributed by atoms with Crippen LogP contribution in [0.4, 0.5) is 14.9 Å². The number of hydrogen-bond acceptors (Lipinski definition) is 2. The summed E-state index contributed by atoms with van der Waals surface area (Å²) >= 11 is 0. The van der Waals surface area contributed by atoms with E-state index in [-0.39, 0.29) is 11.8 Å². The monoisotopic (exact) mass is 259 g/mol. The van der Waals surface area contributed by atoms with E-state index in [1.807, 2.05) is 0 Å². The van der Waals surface area contributed by atoms with Crippen molar-refractivity contribution in [2.24, 2.45) is 0 Å². The summed E-state index contributed by atoms with van der Waals surface area (Å²) in [6, 6.07) is 9.33. The Balaban J connectivity index is 1.94. The molecule has 0 aliphatic heterocycles. The number of anilines is 1. The molecule has 0 saturated carbocycles. The second-order valence-electron chi connectivity index (χ2n) is 4.15. The van der Waals surface area contributed by atoms with E-state index < -0.39 is 0 Å². The number of carbonyl (C=O) groups is 1. The Bertz CT molecular complexity index is 542. The van der Waals surface area contributed by atoms with E-state index in [1.54, 1.807) is 43.7 Å². The molecule has 2 rings (SSSR count). The summed E-state index contributed by atoms with van der Waals surface area (Å²) in [6.07, 6.45) is 3.21. The highest BCUT2D eigenvalue weighted by molar-refractivity contribution is 5.88. The lowest BCUT2D eigenvalue weighted by molar-refractivity contribution is 0.220. The van der Waals surface area contributed by atoms with Gasteiger partial charge in [0, 0.05) is 19.8 Å². The number of pyridine rings is 1. The summed E-state index contributed by atoms with van der Waals surface area (Å²) in [7, 11) is 1.68. The molecule has 1 N–H and O–H groups in total. The summed E-state index contributed by atoms with van der Waals surface area (Å²) in [6.45, 7) is 0.409. The number of urea groups is 1. The van der Waals surface area contributed by atoms with Crippen molar-refractivity contribution in [1.82, 2.24) is 9.88 Å². The maximum Gasteiger partial charge on any atom is 0.321 e. The SMILES string of the molecule is CN(Cc1ccc(F)cc1)C(=O)Nc1cccnc1. The fourth-order valence-corrected chi connectivity index (χ4v) is 1.59. The lowest BCUT2D eigenvalue weighted by Gasteiger charge is -2.17. The minimum Gasteiger partial charge on any atom is -0.323 e. The maximum atomic E-state index is 12.8. The van der Waals surface area contributed by atoms with E-state index >= 15 is 0 Å². The Kier molecular flexibility index (Phi) is 4.07. The van der Waals surface area contributed by atoms with Crippen molar-refractivity contribution in [2.45, 2.75) is 6.54 Å². The molecule has 1 aromatic heterocycles. The second-order valence-corrected chi connectivity index (χ2v) is 4.15. The molecule has 2 amide bonds. The van der Waals surface area contributed by atoms with Gasteiger partial charge >= 0.3 is 6.03 Å². The van der Waals surface area contributed by atoms with E-state index in [0.29, 0.717) is 12.2 Å². The molecule has 1 aromatic carbocycles. The zero-order valence-electron chi connectivity index (χ0n) is 10.5. The summed E-state index contributed by atoms with van der Waals surface area (Å²) < 4.78 is 12.8. The first-order valence-electron chi connectivity index (χ1n) is 5.82. The van der Waals surface area contributed by atoms with E-state index in [4.69, 9.17) is 0 Å². The fraction of sp³-hybridized carbons (Fsp3) is 0.143. The highest BCUT2D eigenvalue weighted by Crippen LogP contribution is 2.08. The quantitative estimate of drug-likeness (QED) is 0.921. The predicted molar refractivity (Wildman–Crippen MR) is 71.1 cm³/mol. The lowest BCUT2D eigenvalue weighted by atomic mass is 10.2. The standard InChI is InChI=1S/C14H14FN3O/c1-18(10-11-4-6-12(15)7-5-11)14(19)17-13-3-2-8-16-9-13/h2-9H,10H2,1H3,(H,17,19). The second kappa shape index (κ2) is 5.95. The average molecular weight is 259 g/mol. The largest absolute Gasteiger partial charge is 0.323 e. The number of hydrogen-bond donors (Lipinski definition) is 1. The van der Waals surface area contributed by atoms with Crippen molar-refractivity contribution in [3.8, 4) is 0 Å². The molecule has 19 heavy (non-hydrogen) atoms. The molecule has 4 nitrogen and oxygen atoms in total. The van der Waals surface area contributed by atoms with E-state index in [1.165, 1.54) is 17.0 Å². The van der Waals surface area contributed by atoms with Crippen LogP contribution in [0, 0.1) is 5.82 Å². The molecule has 0 aliphatic carbocycles. The van der Waals surface area contributed by atoms with Crippen LogP contribution in [0.2, 0.25) is 0 Å². The van der Waals surface area contributed by atoms with E-state index in [0.717, 1.165) is 5.56 Å². The first kappa shape index (κ1) is 13.0. The van der Waals surface area contributed by atoms with Crippen LogP contribution in [0.15, 0.2) is 48.8 Å². The lowest BCUT2D eigenvalue weighted by Crippen LogP contribution is -2.30. The average Bonchev–Trinajstić information content (AvgIpc) is 2.42. The number of rotatable bonds is 3. The summed E-state index contributed by atoms with van der Waals surface area (Å²) in [5.41, 5.74) is 1.50. The van der Waals surface area contributed by atoms with Crippen LogP contribution in [0.1, 0.15) is 5.56 Å². The van der Waals surface area contributed by atoms with Gasteiger partial charge in [0.15, 0.2) is 0 Å². The van der Waals surface area contributed by atoms with Crippen LogP contribution in [0.5, 0.6) is 0 Å². The molecule has 0 spiro atoms. The van der Waals surface area contributed by atoms with Gasteiger partial charge < -0.3 is 10.2 Å². The summed E-state index contributed by atoms with van der Waals surface area (Å²) in [5.74, 6) is -0.286. The van der Waals surface area contributed by atoms with Crippen molar-refractivity contribution in [3.05, 3.63) is 60.2 Å². The topological polar surface area (TPSA) is 45.2 Å². The molecule has 98 valence electrons. The van der Waals surface area contributed by atoms with Gasteiger partial charge in [0.1, 0.15) is 5.82 Å². The van der Waals surface area contributed by atoms with E-state index in [2.05, 4.69) is 10.3 Å². The number of carbonyl (C=O) groups excluding carboxylic acids is 1. The molecule has 0 atom stereocenters. The molecule has 0 fully saturated rings. The minimum atomic E-state index is -0.286. The van der Waals surface area contributed by atoms with Crippen LogP contribution in [0.25, 0.3) is 0 Å². The first-order valence-corrected chi connectivity index (χ1v) is 5.82. The predicted octanol–water partition coefficient (Wildman–Crippen LogP) is 2.88. The van der Waals surface area contributed by atoms with Crippen LogP contribution >= 0.6 is 0 Å². The number of amides is 2. The highest BCUT2D eigenvalue weighted by Gasteiger charge is 2.09. The van der Waals surface area contributed by atoms with Crippen LogP contribution in [-0.2, 0) is 6.54 Å². The van der Waals surface area contributed by atoms with Crippen molar-refractivity contribution in [3.63, 3.8) is 0 Å². The van der Waals surface area contributed by atoms with E-state index in [9.17, 15) is 9.18 Å². The summed E-state index contributed by atoms with van der Waals surface area (Å²) in [5, 5.41) is 2.72. The number of halogens is 1. The summed E-state index contributed by atoms with van der Waals surface area (Å²) in [4.78, 5) is 17.3. The van der Waals surface area contributed by atoms with Crippen LogP contribution in [-0.4, -0.2) is 23.0 Å². The Morgan fingerprint density at radius 3 is 2.68 bits per heavy atom. The molecule has 0 radical (unpaired) electrons. The molecule has 0 aliphatic rings. The molecule has 0 bridgehead atoms. The first-order chi connectivity index (χ1) is 9.15. The molecular weight excluding hydrogens is 245 g/mol. The number of nitrogens with one attached hydrogen (secondary N) is 1. The van der Waals surface area contributed by atoms with Crippen LogP contribution < -0.4 is 5.32 Å². The van der Waals surface area contributed by atoms with Gasteiger partial charge in [0.05, 0.1) is 11.9 Å². The fourth-order valence-electron chi connectivity index (χ4n) is 1.59. The Morgan fingerprint density at radius 2 is 2.05 bits per heavy atom. The molecule has 2 aromatic rings. The van der Waals surface area contributed by atoms with Crippen molar-refractivity contribution in [1.29, 1.82) is 0 Å². The zero-order valence-corrected chi connectivity index (χ0v) is 10.5. The molecular formula is C14H14FN3O. The van der Waals surface area contributed by atoms with Crippen LogP contribution in [0.3, 0.4) is 0 Å². The Labute approximate surface area is 110 Å². The van der Waals surface area contributed by atoms with Crippen molar-refractivity contribution < 1.29 is 9.18 Å². The van der Waals surface area contributed by atoms with Gasteiger partial charge in [-0.2, -0.15) is 0 Å². The third-order valence-electron chi connectivity index (χ3n) is 2.59. The van der Waals surface area contributed by atoms with Gasteiger partial charge in [-0.05, 0) is 29.8 Å². The van der Waals surface area contributed by atoms with Gasteiger partial charge in [0.2, 0.25) is 0 Å². The third kappa shape index (κ3) is 3.77. The van der Waals surface area contributed by atoms with Crippen molar-refractivity contribution >= 4 is 11.7 Å². The Hall–Kier alpha value is -2.43. The number of nitrogens with zero attached hydrogens (tertiary/aromatic N) is 2. The van der Waals surface area contributed by atoms with Crippen molar-refractivity contribution in [2.75, 3.05) is 12.4 Å². The van der Waals surface area contributed by atoms with Gasteiger partial charge in [-0.3, -0.25) is 4.98 Å². The molecule has 5 heteroatoms. The Morgan fingerprint density at radius 1 is 1.32 bits per heavy atom. The molecule has 1 heterocycles. The minimum absolute atomic E-state index is 0.239. The maximum absolute atomic E-state index is 12.8. The highest BCUT2D eigenvalue weighted by atomic mass is 19.1. The molecule has 0 saturated heterocycles. The number of aromatic nitrogens is 1. The normalized spacial score (nSPS) is 10.0.